The highest BCUT2D eigenvalue weighted by molar-refractivity contribution is 5.83. The Morgan fingerprint density at radius 2 is 1.82 bits per heavy atom. The van der Waals surface area contributed by atoms with Crippen LogP contribution in [0.1, 0.15) is 0 Å². The number of hydrogen-bond acceptors (Lipinski definition) is 4. The van der Waals surface area contributed by atoms with Crippen LogP contribution in [0.25, 0.3) is 0 Å². The molecule has 0 saturated carbocycles. The second-order valence-corrected chi connectivity index (χ2v) is 4.70. The van der Waals surface area contributed by atoms with Gasteiger partial charge in [0.05, 0.1) is 24.0 Å². The molecule has 0 heterocycles. The predicted molar refractivity (Wildman–Crippen MR) is 88.1 cm³/mol. The van der Waals surface area contributed by atoms with Gasteiger partial charge < -0.3 is 15.5 Å². The number of carbonyl (C=O) groups excluding carboxylic acids is 1. The van der Waals surface area contributed by atoms with E-state index in [9.17, 15) is 4.79 Å². The van der Waals surface area contributed by atoms with Crippen molar-refractivity contribution in [1.82, 2.24) is 5.32 Å². The highest BCUT2D eigenvalue weighted by atomic mass is 16.1. The lowest BCUT2D eigenvalue weighted by atomic mass is 10.2. The summed E-state index contributed by atoms with van der Waals surface area (Å²) in [4.78, 5) is 13.6. The third kappa shape index (κ3) is 4.00. The molecule has 2 rings (SSSR count). The second kappa shape index (κ2) is 7.70. The normalized spacial score (nSPS) is 9.64. The van der Waals surface area contributed by atoms with Gasteiger partial charge in [-0.2, -0.15) is 5.26 Å². The Labute approximate surface area is 130 Å². The number of amides is 1. The van der Waals surface area contributed by atoms with E-state index in [-0.39, 0.29) is 19.0 Å². The highest BCUT2D eigenvalue weighted by Gasteiger charge is 2.09. The van der Waals surface area contributed by atoms with Gasteiger partial charge in [0, 0.05) is 12.7 Å². The molecule has 0 bridgehead atoms. The van der Waals surface area contributed by atoms with Crippen LogP contribution in [0.3, 0.4) is 0 Å². The lowest BCUT2D eigenvalue weighted by Crippen LogP contribution is -2.30. The number of nitrogens with zero attached hydrogens (tertiary/aromatic N) is 2. The molecule has 2 aromatic rings. The molecule has 5 heteroatoms. The Bertz CT molecular complexity index is 664. The zero-order valence-corrected chi connectivity index (χ0v) is 12.4. The maximum atomic E-state index is 11.6. The number of nitriles is 1. The van der Waals surface area contributed by atoms with Crippen molar-refractivity contribution in [3.63, 3.8) is 0 Å². The molecule has 0 aliphatic carbocycles. The van der Waals surface area contributed by atoms with Crippen molar-refractivity contribution in [2.24, 2.45) is 0 Å². The molecule has 2 aromatic carbocycles. The van der Waals surface area contributed by atoms with Gasteiger partial charge in [-0.15, -0.1) is 0 Å². The van der Waals surface area contributed by atoms with Crippen molar-refractivity contribution in [2.45, 2.75) is 0 Å². The summed E-state index contributed by atoms with van der Waals surface area (Å²) < 4.78 is 0. The Morgan fingerprint density at radius 3 is 2.55 bits per heavy atom. The van der Waals surface area contributed by atoms with Gasteiger partial charge >= 0.3 is 0 Å². The Balaban J connectivity index is 2.10. The third-order valence-electron chi connectivity index (χ3n) is 3.21. The molecular weight excluding hydrogens is 276 g/mol. The minimum atomic E-state index is -0.210. The van der Waals surface area contributed by atoms with Gasteiger partial charge in [-0.1, -0.05) is 30.3 Å². The SMILES string of the molecule is CN(c1ccccc1)c1ccccc1NCC(=O)NCC#N. The van der Waals surface area contributed by atoms with E-state index in [0.29, 0.717) is 0 Å². The van der Waals surface area contributed by atoms with Crippen LogP contribution in [0.5, 0.6) is 0 Å². The minimum Gasteiger partial charge on any atom is -0.374 e. The summed E-state index contributed by atoms with van der Waals surface area (Å²) in [5.74, 6) is -0.210. The zero-order chi connectivity index (χ0) is 15.8. The molecule has 0 fully saturated rings. The summed E-state index contributed by atoms with van der Waals surface area (Å²) in [6.45, 7) is 0.146. The second-order valence-electron chi connectivity index (χ2n) is 4.70. The fourth-order valence-corrected chi connectivity index (χ4v) is 2.08. The highest BCUT2D eigenvalue weighted by Crippen LogP contribution is 2.30. The molecule has 0 aromatic heterocycles. The lowest BCUT2D eigenvalue weighted by molar-refractivity contribution is -0.119. The summed E-state index contributed by atoms with van der Waals surface area (Å²) in [7, 11) is 1.98. The maximum Gasteiger partial charge on any atom is 0.240 e. The first-order valence-electron chi connectivity index (χ1n) is 6.97. The molecule has 0 saturated heterocycles. The summed E-state index contributed by atoms with van der Waals surface area (Å²) in [6.07, 6.45) is 0. The van der Waals surface area contributed by atoms with Crippen molar-refractivity contribution < 1.29 is 4.79 Å². The molecule has 0 atom stereocenters. The van der Waals surface area contributed by atoms with E-state index in [4.69, 9.17) is 5.26 Å². The smallest absolute Gasteiger partial charge is 0.240 e. The molecule has 0 spiro atoms. The van der Waals surface area contributed by atoms with E-state index >= 15 is 0 Å². The maximum absolute atomic E-state index is 11.6. The van der Waals surface area contributed by atoms with Crippen molar-refractivity contribution in [3.8, 4) is 6.07 Å². The van der Waals surface area contributed by atoms with Gasteiger partial charge in [-0.05, 0) is 24.3 Å². The predicted octanol–water partition coefficient (Wildman–Crippen LogP) is 2.51. The van der Waals surface area contributed by atoms with Gasteiger partial charge in [0.15, 0.2) is 0 Å². The topological polar surface area (TPSA) is 68.2 Å². The number of carbonyl (C=O) groups is 1. The van der Waals surface area contributed by atoms with Gasteiger partial charge in [0.25, 0.3) is 0 Å². The molecule has 2 N–H and O–H groups in total. The molecule has 0 aliphatic heterocycles. The third-order valence-corrected chi connectivity index (χ3v) is 3.21. The van der Waals surface area contributed by atoms with E-state index in [0.717, 1.165) is 17.1 Å². The average Bonchev–Trinajstić information content (AvgIpc) is 2.58. The number of para-hydroxylation sites is 3. The average molecular weight is 294 g/mol. The van der Waals surface area contributed by atoms with Crippen molar-refractivity contribution in [3.05, 3.63) is 54.6 Å². The molecule has 112 valence electrons. The van der Waals surface area contributed by atoms with Crippen molar-refractivity contribution in [1.29, 1.82) is 5.26 Å². The molecule has 22 heavy (non-hydrogen) atoms. The Kier molecular flexibility index (Phi) is 5.38. The first-order valence-corrected chi connectivity index (χ1v) is 6.97. The van der Waals surface area contributed by atoms with Crippen LogP contribution in [0, 0.1) is 11.3 Å². The largest absolute Gasteiger partial charge is 0.374 e. The van der Waals surface area contributed by atoms with Crippen molar-refractivity contribution in [2.75, 3.05) is 30.4 Å². The molecule has 5 nitrogen and oxygen atoms in total. The number of anilines is 3. The van der Waals surface area contributed by atoms with Gasteiger partial charge in [0.2, 0.25) is 5.91 Å². The Morgan fingerprint density at radius 1 is 1.14 bits per heavy atom. The quantitative estimate of drug-likeness (QED) is 0.803. The monoisotopic (exact) mass is 294 g/mol. The number of benzene rings is 2. The van der Waals surface area contributed by atoms with Crippen molar-refractivity contribution >= 4 is 23.0 Å². The molecule has 0 unspecified atom stereocenters. The van der Waals surface area contributed by atoms with Crippen LogP contribution in [-0.4, -0.2) is 26.0 Å². The Hall–Kier alpha value is -3.00. The fraction of sp³-hybridized carbons (Fsp3) is 0.176. The van der Waals surface area contributed by atoms with Crippen LogP contribution in [0.15, 0.2) is 54.6 Å². The summed E-state index contributed by atoms with van der Waals surface area (Å²) in [5, 5.41) is 14.1. The van der Waals surface area contributed by atoms with Gasteiger partial charge in [-0.25, -0.2) is 0 Å². The van der Waals surface area contributed by atoms with Crippen LogP contribution in [0.4, 0.5) is 17.1 Å². The number of nitrogens with one attached hydrogen (secondary N) is 2. The van der Waals surface area contributed by atoms with Crippen LogP contribution >= 0.6 is 0 Å². The number of rotatable bonds is 6. The van der Waals surface area contributed by atoms with Gasteiger partial charge in [0.1, 0.15) is 6.54 Å². The molecule has 0 radical (unpaired) electrons. The van der Waals surface area contributed by atoms with Crippen LogP contribution in [-0.2, 0) is 4.79 Å². The lowest BCUT2D eigenvalue weighted by Gasteiger charge is -2.23. The van der Waals surface area contributed by atoms with Crippen LogP contribution in [0.2, 0.25) is 0 Å². The van der Waals surface area contributed by atoms with Gasteiger partial charge in [-0.3, -0.25) is 4.79 Å². The van der Waals surface area contributed by atoms with Crippen LogP contribution < -0.4 is 15.5 Å². The minimum absolute atomic E-state index is 0.0199. The fourth-order valence-electron chi connectivity index (χ4n) is 2.08. The molecule has 1 amide bonds. The van der Waals surface area contributed by atoms with E-state index < -0.39 is 0 Å². The standard InChI is InChI=1S/C17H18N4O/c1-21(14-7-3-2-4-8-14)16-10-6-5-9-15(16)20-13-17(22)19-12-11-18/h2-10,20H,12-13H2,1H3,(H,19,22). The molecule has 0 aliphatic rings. The zero-order valence-electron chi connectivity index (χ0n) is 12.4. The summed E-state index contributed by atoms with van der Waals surface area (Å²) >= 11 is 0. The van der Waals surface area contributed by atoms with E-state index in [2.05, 4.69) is 15.5 Å². The summed E-state index contributed by atoms with van der Waals surface area (Å²) in [6, 6.07) is 19.6. The number of hydrogen-bond donors (Lipinski definition) is 2. The van der Waals surface area contributed by atoms with E-state index in [1.165, 1.54) is 0 Å². The molecular formula is C17H18N4O. The van der Waals surface area contributed by atoms with E-state index in [1.807, 2.05) is 67.7 Å². The van der Waals surface area contributed by atoms with E-state index in [1.54, 1.807) is 0 Å². The summed E-state index contributed by atoms with van der Waals surface area (Å²) in [5.41, 5.74) is 2.90. The first kappa shape index (κ1) is 15.4. The first-order chi connectivity index (χ1) is 10.7.